The van der Waals surface area contributed by atoms with E-state index in [-0.39, 0.29) is 49.2 Å². The number of thiocarbonyl (C=S) groups is 1. The minimum absolute atomic E-state index is 0.0428. The number of nitriles is 1. The van der Waals surface area contributed by atoms with Crippen molar-refractivity contribution in [2.24, 2.45) is 5.41 Å². The maximum atomic E-state index is 15.6. The number of hydrogen-bond acceptors (Lipinski definition) is 11. The number of aryl methyl sites for hydroxylation is 1. The molecule has 372 valence electrons. The van der Waals surface area contributed by atoms with Gasteiger partial charge in [0, 0.05) is 31.7 Å². The molecule has 3 heterocycles. The Kier molecular flexibility index (Phi) is 15.9. The van der Waals surface area contributed by atoms with Gasteiger partial charge < -0.3 is 39.4 Å². The molecule has 2 aliphatic rings. The number of rotatable bonds is 17. The van der Waals surface area contributed by atoms with E-state index in [1.165, 1.54) is 40.5 Å². The van der Waals surface area contributed by atoms with Crippen molar-refractivity contribution < 1.29 is 55.7 Å². The molecular formula is C51H51F4N7O8S. The predicted molar refractivity (Wildman–Crippen MR) is 257 cm³/mol. The zero-order chi connectivity index (χ0) is 51.2. The zero-order valence-corrected chi connectivity index (χ0v) is 40.0. The summed E-state index contributed by atoms with van der Waals surface area (Å²) in [6, 6.07) is 21.0. The molecule has 4 aromatic carbocycles. The monoisotopic (exact) mass is 997 g/mol. The summed E-state index contributed by atoms with van der Waals surface area (Å²) in [4.78, 5) is 60.9. The molecule has 5 aromatic rings. The van der Waals surface area contributed by atoms with Gasteiger partial charge in [-0.25, -0.2) is 9.37 Å². The molecule has 4 amide bonds. The maximum absolute atomic E-state index is 15.6. The van der Waals surface area contributed by atoms with Crippen LogP contribution in [0.2, 0.25) is 0 Å². The van der Waals surface area contributed by atoms with E-state index >= 15 is 4.39 Å². The van der Waals surface area contributed by atoms with E-state index in [4.69, 9.17) is 31.4 Å². The number of nitrogens with zero attached hydrogens (tertiary/aromatic N) is 5. The normalized spacial score (nSPS) is 16.5. The summed E-state index contributed by atoms with van der Waals surface area (Å²) in [5.41, 5.74) is 0.766. The molecule has 0 aliphatic carbocycles. The molecule has 3 N–H and O–H groups in total. The number of carbonyl (C=O) groups excluding carboxylic acids is 4. The largest absolute Gasteiger partial charge is 0.494 e. The van der Waals surface area contributed by atoms with Gasteiger partial charge in [0.1, 0.15) is 36.8 Å². The lowest BCUT2D eigenvalue weighted by Crippen LogP contribution is -2.58. The molecule has 15 nitrogen and oxygen atoms in total. The van der Waals surface area contributed by atoms with Crippen LogP contribution in [0.15, 0.2) is 95.7 Å². The number of hydrogen-bond donors (Lipinski definition) is 3. The first-order valence-electron chi connectivity index (χ1n) is 22.6. The van der Waals surface area contributed by atoms with Gasteiger partial charge in [-0.05, 0) is 96.6 Å². The number of aromatic nitrogens is 1. The second kappa shape index (κ2) is 21.8. The average molecular weight is 998 g/mol. The molecule has 0 radical (unpaired) electrons. The van der Waals surface area contributed by atoms with E-state index in [1.54, 1.807) is 51.1 Å². The van der Waals surface area contributed by atoms with Crippen LogP contribution in [0.1, 0.15) is 62.4 Å². The molecule has 0 bridgehead atoms. The number of aliphatic hydroxyl groups is 1. The van der Waals surface area contributed by atoms with Crippen molar-refractivity contribution in [1.29, 1.82) is 5.26 Å². The van der Waals surface area contributed by atoms with Gasteiger partial charge in [-0.3, -0.25) is 24.1 Å². The molecule has 2 fully saturated rings. The number of nitrogens with one attached hydrogen (secondary N) is 2. The third kappa shape index (κ3) is 12.2. The number of halogens is 4. The lowest BCUT2D eigenvalue weighted by atomic mass is 9.85. The number of ether oxygens (including phenoxy) is 2. The molecule has 0 spiro atoms. The van der Waals surface area contributed by atoms with Crippen molar-refractivity contribution in [2.75, 3.05) is 42.7 Å². The lowest BCUT2D eigenvalue weighted by Gasteiger charge is -2.35. The maximum Gasteiger partial charge on any atom is 0.417 e. The average Bonchev–Trinajstić information content (AvgIpc) is 4.04. The Morgan fingerprint density at radius 3 is 2.31 bits per heavy atom. The van der Waals surface area contributed by atoms with E-state index in [1.807, 2.05) is 31.2 Å². The fourth-order valence-corrected chi connectivity index (χ4v) is 8.61. The zero-order valence-electron chi connectivity index (χ0n) is 39.2. The van der Waals surface area contributed by atoms with Crippen LogP contribution in [-0.4, -0.2) is 94.8 Å². The van der Waals surface area contributed by atoms with E-state index in [9.17, 15) is 37.5 Å². The number of benzene rings is 4. The smallest absolute Gasteiger partial charge is 0.417 e. The van der Waals surface area contributed by atoms with E-state index in [0.29, 0.717) is 48.2 Å². The summed E-state index contributed by atoms with van der Waals surface area (Å²) in [6.45, 7) is 7.21. The third-order valence-electron chi connectivity index (χ3n) is 12.0. The van der Waals surface area contributed by atoms with E-state index < -0.39 is 76.9 Å². The quantitative estimate of drug-likeness (QED) is 0.0474. The van der Waals surface area contributed by atoms with E-state index in [0.717, 1.165) is 27.8 Å². The van der Waals surface area contributed by atoms with Crippen molar-refractivity contribution in [3.63, 3.8) is 0 Å². The van der Waals surface area contributed by atoms with Crippen molar-refractivity contribution in [1.82, 2.24) is 20.5 Å². The van der Waals surface area contributed by atoms with Crippen LogP contribution in [0.5, 0.6) is 5.75 Å². The summed E-state index contributed by atoms with van der Waals surface area (Å²) in [5, 5.41) is 25.1. The van der Waals surface area contributed by atoms with Crippen molar-refractivity contribution in [3.8, 4) is 34.3 Å². The van der Waals surface area contributed by atoms with Crippen LogP contribution in [0.3, 0.4) is 0 Å². The Bertz CT molecular complexity index is 2830. The first-order valence-corrected chi connectivity index (χ1v) is 23.1. The summed E-state index contributed by atoms with van der Waals surface area (Å²) in [5.74, 6) is -1.60. The van der Waals surface area contributed by atoms with E-state index in [2.05, 4.69) is 15.6 Å². The number of oxazole rings is 1. The van der Waals surface area contributed by atoms with Crippen LogP contribution in [-0.2, 0) is 36.6 Å². The number of amides is 4. The standard InChI is InChI=1S/C51H51F4N7O8S/c1-30-45(70-29-58-30)33-9-7-31(8-10-33)25-57-47(66)42-23-37(63)26-60(42)48(67)46(50(2,3)4)59-43(64)28-68-19-5-6-20-69-38-16-12-32(13-17-38)34-14-18-41(40(52)21-34)61-27-44(65)62(49(61)71)36-15-11-35(24-56)39(22-36)51(53,54)55/h7-18,21-22,29,37,42,46,63H,5-6,19-20,23,25-28H2,1-4H3,(H,57,66)(H,59,64)/t37-,42+,46-/m1/s1. The molecule has 2 aliphatic heterocycles. The van der Waals surface area contributed by atoms with Gasteiger partial charge in [0.2, 0.25) is 17.7 Å². The van der Waals surface area contributed by atoms with Crippen LogP contribution in [0, 0.1) is 29.5 Å². The molecule has 71 heavy (non-hydrogen) atoms. The number of unbranched alkanes of at least 4 members (excludes halogenated alkanes) is 1. The first-order chi connectivity index (χ1) is 33.7. The SMILES string of the molecule is Cc1ncoc1-c1ccc(CNC(=O)[C@@H]2C[C@@H](O)CN2C(=O)[C@@H](NC(=O)COCCCCOc2ccc(-c3ccc(N4CC(=O)N(c5ccc(C#N)c(C(F)(F)F)c5)C4=S)c(F)c3)cc2)C(C)(C)C)cc1. The number of aliphatic hydroxyl groups excluding tert-OH is 1. The highest BCUT2D eigenvalue weighted by Gasteiger charge is 2.45. The number of likely N-dealkylation sites (tertiary alicyclic amines) is 1. The van der Waals surface area contributed by atoms with Gasteiger partial charge in [-0.15, -0.1) is 0 Å². The summed E-state index contributed by atoms with van der Waals surface area (Å²) in [6.07, 6.45) is -3.20. The highest BCUT2D eigenvalue weighted by Crippen LogP contribution is 2.37. The third-order valence-corrected chi connectivity index (χ3v) is 12.4. The van der Waals surface area contributed by atoms with Crippen molar-refractivity contribution in [3.05, 3.63) is 120 Å². The van der Waals surface area contributed by atoms with Crippen LogP contribution < -0.4 is 25.2 Å². The second-order valence-electron chi connectivity index (χ2n) is 18.2. The Hall–Kier alpha value is -7.21. The molecule has 3 atom stereocenters. The van der Waals surface area contributed by atoms with Crippen molar-refractivity contribution >= 4 is 52.3 Å². The summed E-state index contributed by atoms with van der Waals surface area (Å²) < 4.78 is 73.4. The minimum Gasteiger partial charge on any atom is -0.494 e. The highest BCUT2D eigenvalue weighted by molar-refractivity contribution is 7.81. The number of carbonyl (C=O) groups is 4. The lowest BCUT2D eigenvalue weighted by molar-refractivity contribution is -0.144. The fourth-order valence-electron chi connectivity index (χ4n) is 8.24. The minimum atomic E-state index is -4.85. The molecule has 2 saturated heterocycles. The Morgan fingerprint density at radius 1 is 0.972 bits per heavy atom. The molecule has 7 rings (SSSR count). The van der Waals surface area contributed by atoms with Crippen LogP contribution >= 0.6 is 12.2 Å². The summed E-state index contributed by atoms with van der Waals surface area (Å²) in [7, 11) is 0. The first kappa shape index (κ1) is 51.6. The van der Waals surface area contributed by atoms with Gasteiger partial charge in [0.15, 0.2) is 17.3 Å². The van der Waals surface area contributed by atoms with Gasteiger partial charge >= 0.3 is 6.18 Å². The van der Waals surface area contributed by atoms with Gasteiger partial charge in [0.25, 0.3) is 5.91 Å². The van der Waals surface area contributed by atoms with Gasteiger partial charge in [-0.1, -0.05) is 63.2 Å². The molecule has 0 unspecified atom stereocenters. The second-order valence-corrected chi connectivity index (χ2v) is 18.5. The van der Waals surface area contributed by atoms with Crippen LogP contribution in [0.25, 0.3) is 22.5 Å². The topological polar surface area (TPSA) is 191 Å². The molecule has 1 aromatic heterocycles. The van der Waals surface area contributed by atoms with Crippen LogP contribution in [0.4, 0.5) is 28.9 Å². The van der Waals surface area contributed by atoms with Crippen molar-refractivity contribution in [2.45, 2.75) is 77.9 Å². The number of anilines is 2. The Labute approximate surface area is 412 Å². The molecule has 0 saturated carbocycles. The fraction of sp³-hybridized carbons (Fsp3) is 0.353. The Balaban J connectivity index is 0.835. The number of β-amino-alcohol motifs (C(OH)–C–C–N with tert-alkyl or cyclic N) is 1. The number of alkyl halides is 3. The Morgan fingerprint density at radius 2 is 1.66 bits per heavy atom. The highest BCUT2D eigenvalue weighted by atomic mass is 32.1. The molecule has 20 heteroatoms. The van der Waals surface area contributed by atoms with Gasteiger partial charge in [0.05, 0.1) is 47.0 Å². The summed E-state index contributed by atoms with van der Waals surface area (Å²) >= 11 is 5.41. The predicted octanol–water partition coefficient (Wildman–Crippen LogP) is 7.47. The van der Waals surface area contributed by atoms with Gasteiger partial charge in [-0.2, -0.15) is 18.4 Å². The molecular weight excluding hydrogens is 947 g/mol.